The molecule has 2 saturated heterocycles. The second kappa shape index (κ2) is 7.00. The molecule has 1 aromatic carbocycles. The molecular formula is C19H23NO4S. The molecule has 2 fully saturated rings. The number of carboxylic acids is 1. The van der Waals surface area contributed by atoms with Gasteiger partial charge in [-0.2, -0.15) is 0 Å². The van der Waals surface area contributed by atoms with Gasteiger partial charge in [-0.15, -0.1) is 11.8 Å². The maximum absolute atomic E-state index is 12.8. The number of benzene rings is 1. The molecule has 0 spiro atoms. The second-order valence-corrected chi connectivity index (χ2v) is 8.39. The summed E-state index contributed by atoms with van der Waals surface area (Å²) in [6, 6.07) is 8.23. The van der Waals surface area contributed by atoms with Crippen molar-refractivity contribution in [3.05, 3.63) is 29.8 Å². The molecule has 6 heteroatoms. The minimum absolute atomic E-state index is 0.0107. The largest absolute Gasteiger partial charge is 0.481 e. The number of hydrogen-bond donors (Lipinski definition) is 1. The molecule has 0 saturated carbocycles. The van der Waals surface area contributed by atoms with Gasteiger partial charge >= 0.3 is 5.97 Å². The second-order valence-electron chi connectivity index (χ2n) is 7.15. The fourth-order valence-corrected chi connectivity index (χ4v) is 5.59. The third kappa shape index (κ3) is 3.29. The van der Waals surface area contributed by atoms with Crippen LogP contribution in [0.4, 0.5) is 0 Å². The standard InChI is InChI=1S/C19H23NO4S/c21-18(16-11-13-3-1-2-4-15(13)25-16)20-8-5-12(6-9-20)17-14(19(22)23)7-10-24-17/h1-4,12,14,16-17H,5-11H2,(H,22,23)/t14?,16?,17-/m0/s1. The van der Waals surface area contributed by atoms with Crippen LogP contribution in [0.15, 0.2) is 29.2 Å². The number of amides is 1. The van der Waals surface area contributed by atoms with Gasteiger partial charge in [0.25, 0.3) is 0 Å². The average Bonchev–Trinajstić information content (AvgIpc) is 3.28. The Balaban J connectivity index is 1.33. The van der Waals surface area contributed by atoms with E-state index in [9.17, 15) is 14.7 Å². The number of rotatable bonds is 3. The third-order valence-corrected chi connectivity index (χ3v) is 7.00. The van der Waals surface area contributed by atoms with E-state index in [2.05, 4.69) is 12.1 Å². The first kappa shape index (κ1) is 16.9. The Morgan fingerprint density at radius 3 is 2.64 bits per heavy atom. The van der Waals surface area contributed by atoms with E-state index >= 15 is 0 Å². The maximum Gasteiger partial charge on any atom is 0.309 e. The summed E-state index contributed by atoms with van der Waals surface area (Å²) in [5.74, 6) is -0.656. The predicted molar refractivity (Wildman–Crippen MR) is 94.6 cm³/mol. The van der Waals surface area contributed by atoms with Gasteiger partial charge in [0.05, 0.1) is 17.3 Å². The first-order chi connectivity index (χ1) is 12.1. The first-order valence-corrected chi connectivity index (χ1v) is 9.89. The smallest absolute Gasteiger partial charge is 0.309 e. The summed E-state index contributed by atoms with van der Waals surface area (Å²) in [6.07, 6.45) is 2.91. The van der Waals surface area contributed by atoms with E-state index in [4.69, 9.17) is 4.74 Å². The van der Waals surface area contributed by atoms with Crippen LogP contribution in [0, 0.1) is 11.8 Å². The summed E-state index contributed by atoms with van der Waals surface area (Å²) in [4.78, 5) is 27.4. The molecule has 2 unspecified atom stereocenters. The van der Waals surface area contributed by atoms with Crippen LogP contribution in [0.1, 0.15) is 24.8 Å². The Labute approximate surface area is 151 Å². The number of thioether (sulfide) groups is 1. The summed E-state index contributed by atoms with van der Waals surface area (Å²) < 4.78 is 5.72. The number of carbonyl (C=O) groups is 2. The minimum Gasteiger partial charge on any atom is -0.481 e. The number of piperidine rings is 1. The SMILES string of the molecule is O=C(O)C1CCO[C@H]1C1CCN(C(=O)C2Cc3ccccc3S2)CC1. The van der Waals surface area contributed by atoms with Gasteiger partial charge in [0.2, 0.25) is 5.91 Å². The molecule has 1 aromatic rings. The van der Waals surface area contributed by atoms with Crippen LogP contribution >= 0.6 is 11.8 Å². The highest BCUT2D eigenvalue weighted by Crippen LogP contribution is 2.39. The van der Waals surface area contributed by atoms with Crippen molar-refractivity contribution in [1.82, 2.24) is 4.90 Å². The Hall–Kier alpha value is -1.53. The molecular weight excluding hydrogens is 338 g/mol. The number of likely N-dealkylation sites (tertiary alicyclic amines) is 1. The zero-order valence-electron chi connectivity index (χ0n) is 14.1. The molecule has 3 aliphatic heterocycles. The van der Waals surface area contributed by atoms with Gasteiger partial charge < -0.3 is 14.7 Å². The molecule has 0 radical (unpaired) electrons. The number of nitrogens with zero attached hydrogens (tertiary/aromatic N) is 1. The van der Waals surface area contributed by atoms with Crippen molar-refractivity contribution in [3.8, 4) is 0 Å². The maximum atomic E-state index is 12.8. The number of carboxylic acid groups (broad SMARTS) is 1. The van der Waals surface area contributed by atoms with Gasteiger partial charge in [0.1, 0.15) is 0 Å². The van der Waals surface area contributed by atoms with E-state index in [1.807, 2.05) is 17.0 Å². The highest BCUT2D eigenvalue weighted by atomic mass is 32.2. The number of hydrogen-bond acceptors (Lipinski definition) is 4. The van der Waals surface area contributed by atoms with Crippen molar-refractivity contribution in [3.63, 3.8) is 0 Å². The van der Waals surface area contributed by atoms with E-state index in [1.165, 1.54) is 10.5 Å². The topological polar surface area (TPSA) is 66.8 Å². The van der Waals surface area contributed by atoms with E-state index in [-0.39, 0.29) is 29.1 Å². The molecule has 0 aromatic heterocycles. The molecule has 1 amide bonds. The van der Waals surface area contributed by atoms with Crippen LogP contribution in [-0.4, -0.2) is 52.9 Å². The highest BCUT2D eigenvalue weighted by Gasteiger charge is 2.41. The number of aliphatic carboxylic acids is 1. The number of fused-ring (bicyclic) bond motifs is 1. The fourth-order valence-electron chi connectivity index (χ4n) is 4.31. The lowest BCUT2D eigenvalue weighted by atomic mass is 9.84. The van der Waals surface area contributed by atoms with Crippen molar-refractivity contribution in [1.29, 1.82) is 0 Å². The van der Waals surface area contributed by atoms with Crippen molar-refractivity contribution < 1.29 is 19.4 Å². The summed E-state index contributed by atoms with van der Waals surface area (Å²) in [5, 5.41) is 9.33. The molecule has 3 aliphatic rings. The van der Waals surface area contributed by atoms with Gasteiger partial charge in [-0.1, -0.05) is 18.2 Å². The van der Waals surface area contributed by atoms with E-state index < -0.39 is 5.97 Å². The van der Waals surface area contributed by atoms with E-state index in [1.54, 1.807) is 11.8 Å². The minimum atomic E-state index is -0.749. The van der Waals surface area contributed by atoms with Crippen LogP contribution in [0.3, 0.4) is 0 Å². The lowest BCUT2D eigenvalue weighted by Crippen LogP contribution is -2.46. The zero-order chi connectivity index (χ0) is 17.4. The monoisotopic (exact) mass is 361 g/mol. The number of ether oxygens (including phenoxy) is 1. The summed E-state index contributed by atoms with van der Waals surface area (Å²) in [6.45, 7) is 1.96. The third-order valence-electron chi connectivity index (χ3n) is 5.69. The molecule has 4 rings (SSSR count). The van der Waals surface area contributed by atoms with Gasteiger partial charge in [-0.25, -0.2) is 0 Å². The van der Waals surface area contributed by atoms with E-state index in [0.29, 0.717) is 26.1 Å². The van der Waals surface area contributed by atoms with Crippen LogP contribution in [0.2, 0.25) is 0 Å². The molecule has 134 valence electrons. The Morgan fingerprint density at radius 1 is 1.16 bits per heavy atom. The van der Waals surface area contributed by atoms with Crippen molar-refractivity contribution in [2.45, 2.75) is 41.9 Å². The Bertz CT molecular complexity index is 646. The zero-order valence-corrected chi connectivity index (χ0v) is 14.9. The quantitative estimate of drug-likeness (QED) is 0.896. The fraction of sp³-hybridized carbons (Fsp3) is 0.579. The summed E-state index contributed by atoms with van der Waals surface area (Å²) >= 11 is 1.67. The molecule has 0 bridgehead atoms. The van der Waals surface area contributed by atoms with Crippen LogP contribution < -0.4 is 0 Å². The lowest BCUT2D eigenvalue weighted by molar-refractivity contribution is -0.145. The van der Waals surface area contributed by atoms with Gasteiger partial charge in [0.15, 0.2) is 0 Å². The normalized spacial score (nSPS) is 29.6. The average molecular weight is 361 g/mol. The van der Waals surface area contributed by atoms with Gasteiger partial charge in [-0.3, -0.25) is 9.59 Å². The van der Waals surface area contributed by atoms with Crippen molar-refractivity contribution >= 4 is 23.6 Å². The molecule has 5 nitrogen and oxygen atoms in total. The summed E-state index contributed by atoms with van der Waals surface area (Å²) in [7, 11) is 0. The Kier molecular flexibility index (Phi) is 4.73. The highest BCUT2D eigenvalue weighted by molar-refractivity contribution is 8.01. The van der Waals surface area contributed by atoms with Crippen LogP contribution in [-0.2, 0) is 20.7 Å². The summed E-state index contributed by atoms with van der Waals surface area (Å²) in [5.41, 5.74) is 1.27. The first-order valence-electron chi connectivity index (χ1n) is 9.01. The Morgan fingerprint density at radius 2 is 1.92 bits per heavy atom. The van der Waals surface area contributed by atoms with Gasteiger partial charge in [0, 0.05) is 24.6 Å². The van der Waals surface area contributed by atoms with Crippen molar-refractivity contribution in [2.75, 3.05) is 19.7 Å². The molecule has 25 heavy (non-hydrogen) atoms. The van der Waals surface area contributed by atoms with E-state index in [0.717, 1.165) is 19.3 Å². The van der Waals surface area contributed by atoms with Gasteiger partial charge in [-0.05, 0) is 43.2 Å². The molecule has 3 atom stereocenters. The van der Waals surface area contributed by atoms with Crippen LogP contribution in [0.5, 0.6) is 0 Å². The molecule has 3 heterocycles. The van der Waals surface area contributed by atoms with Crippen LogP contribution in [0.25, 0.3) is 0 Å². The number of carbonyl (C=O) groups excluding carboxylic acids is 1. The molecule has 0 aliphatic carbocycles. The predicted octanol–water partition coefficient (Wildman–Crippen LogP) is 2.43. The lowest BCUT2D eigenvalue weighted by Gasteiger charge is -2.36. The van der Waals surface area contributed by atoms with Crippen molar-refractivity contribution in [2.24, 2.45) is 11.8 Å². The molecule has 1 N–H and O–H groups in total.